The fourth-order valence-corrected chi connectivity index (χ4v) is 3.05. The molecule has 0 amide bonds. The van der Waals surface area contributed by atoms with Gasteiger partial charge in [-0.3, -0.25) is 0 Å². The molecular formula is C18H16FN7. The van der Waals surface area contributed by atoms with Crippen LogP contribution in [0.3, 0.4) is 0 Å². The zero-order valence-electron chi connectivity index (χ0n) is 14.0. The van der Waals surface area contributed by atoms with Gasteiger partial charge in [0.25, 0.3) is 0 Å². The lowest BCUT2D eigenvalue weighted by Crippen LogP contribution is -2.47. The van der Waals surface area contributed by atoms with Gasteiger partial charge in [0.2, 0.25) is 0 Å². The van der Waals surface area contributed by atoms with Gasteiger partial charge in [-0.2, -0.15) is 10.4 Å². The van der Waals surface area contributed by atoms with Crippen LogP contribution < -0.4 is 9.80 Å². The zero-order chi connectivity index (χ0) is 17.9. The number of benzene rings is 1. The molecule has 0 spiro atoms. The van der Waals surface area contributed by atoms with Gasteiger partial charge >= 0.3 is 0 Å². The largest absolute Gasteiger partial charge is 0.368 e. The van der Waals surface area contributed by atoms with Gasteiger partial charge in [-0.05, 0) is 24.3 Å². The van der Waals surface area contributed by atoms with Gasteiger partial charge in [0, 0.05) is 50.3 Å². The average Bonchev–Trinajstić information content (AvgIpc) is 3.22. The molecule has 26 heavy (non-hydrogen) atoms. The van der Waals surface area contributed by atoms with Crippen molar-refractivity contribution in [1.29, 1.82) is 5.26 Å². The molecule has 0 aliphatic carbocycles. The predicted molar refractivity (Wildman–Crippen MR) is 94.7 cm³/mol. The summed E-state index contributed by atoms with van der Waals surface area (Å²) in [6.45, 7) is 2.92. The fourth-order valence-electron chi connectivity index (χ4n) is 3.05. The van der Waals surface area contributed by atoms with Crippen molar-refractivity contribution >= 4 is 11.5 Å². The van der Waals surface area contributed by atoms with Gasteiger partial charge in [0.05, 0.1) is 11.6 Å². The third-order valence-corrected chi connectivity index (χ3v) is 4.36. The van der Waals surface area contributed by atoms with Crippen LogP contribution in [0.2, 0.25) is 0 Å². The number of hydrogen-bond donors (Lipinski definition) is 0. The number of anilines is 2. The highest BCUT2D eigenvalue weighted by atomic mass is 19.1. The number of hydrogen-bond acceptors (Lipinski definition) is 6. The third-order valence-electron chi connectivity index (χ3n) is 4.36. The molecule has 8 heteroatoms. The average molecular weight is 349 g/mol. The first-order valence-electron chi connectivity index (χ1n) is 8.25. The van der Waals surface area contributed by atoms with Crippen LogP contribution in [-0.2, 0) is 0 Å². The number of aromatic nitrogens is 4. The Balaban J connectivity index is 1.48. The van der Waals surface area contributed by atoms with E-state index in [-0.39, 0.29) is 5.82 Å². The molecule has 0 saturated carbocycles. The Morgan fingerprint density at radius 2 is 1.73 bits per heavy atom. The van der Waals surface area contributed by atoms with Gasteiger partial charge in [-0.1, -0.05) is 0 Å². The van der Waals surface area contributed by atoms with Crippen molar-refractivity contribution < 1.29 is 4.39 Å². The highest BCUT2D eigenvalue weighted by Gasteiger charge is 2.20. The molecule has 1 aliphatic heterocycles. The summed E-state index contributed by atoms with van der Waals surface area (Å²) >= 11 is 0. The molecule has 7 nitrogen and oxygen atoms in total. The van der Waals surface area contributed by atoms with Crippen LogP contribution in [0.15, 0.2) is 49.1 Å². The summed E-state index contributed by atoms with van der Waals surface area (Å²) in [5.41, 5.74) is 1.07. The summed E-state index contributed by atoms with van der Waals surface area (Å²) < 4.78 is 15.4. The molecule has 3 heterocycles. The van der Waals surface area contributed by atoms with Gasteiger partial charge in [0.15, 0.2) is 5.82 Å². The van der Waals surface area contributed by atoms with E-state index in [1.54, 1.807) is 16.9 Å². The van der Waals surface area contributed by atoms with Crippen molar-refractivity contribution in [3.63, 3.8) is 0 Å². The van der Waals surface area contributed by atoms with E-state index in [4.69, 9.17) is 5.26 Å². The SMILES string of the molecule is N#Cc1cc(F)cc(N2CCN(c3cc(-n4cccn4)ncn3)CC2)c1. The predicted octanol–water partition coefficient (Wildman–Crippen LogP) is 2.00. The topological polar surface area (TPSA) is 73.9 Å². The number of halogens is 1. The van der Waals surface area contributed by atoms with E-state index in [9.17, 15) is 4.39 Å². The molecule has 3 aromatic rings. The molecular weight excluding hydrogens is 333 g/mol. The quantitative estimate of drug-likeness (QED) is 0.720. The normalized spacial score (nSPS) is 14.3. The van der Waals surface area contributed by atoms with Crippen LogP contribution in [0.1, 0.15) is 5.56 Å². The van der Waals surface area contributed by atoms with E-state index in [2.05, 4.69) is 24.9 Å². The number of rotatable bonds is 3. The molecule has 0 N–H and O–H groups in total. The molecule has 1 aliphatic rings. The summed E-state index contributed by atoms with van der Waals surface area (Å²) in [7, 11) is 0. The molecule has 0 atom stereocenters. The Kier molecular flexibility index (Phi) is 4.19. The van der Waals surface area contributed by atoms with Crippen molar-refractivity contribution in [1.82, 2.24) is 19.7 Å². The summed E-state index contributed by atoms with van der Waals surface area (Å²) in [5.74, 6) is 1.16. The minimum Gasteiger partial charge on any atom is -0.368 e. The Morgan fingerprint density at radius 3 is 2.46 bits per heavy atom. The van der Waals surface area contributed by atoms with E-state index in [0.29, 0.717) is 11.4 Å². The molecule has 0 bridgehead atoms. The van der Waals surface area contributed by atoms with Crippen LogP contribution >= 0.6 is 0 Å². The Hall–Kier alpha value is -3.47. The third kappa shape index (κ3) is 3.19. The van der Waals surface area contributed by atoms with Crippen molar-refractivity contribution in [2.75, 3.05) is 36.0 Å². The fraction of sp³-hybridized carbons (Fsp3) is 0.222. The van der Waals surface area contributed by atoms with E-state index in [0.717, 1.165) is 37.7 Å². The second-order valence-corrected chi connectivity index (χ2v) is 5.97. The maximum atomic E-state index is 13.7. The lowest BCUT2D eigenvalue weighted by molar-refractivity contribution is 0.618. The van der Waals surface area contributed by atoms with Gasteiger partial charge in [-0.25, -0.2) is 19.0 Å². The molecule has 1 saturated heterocycles. The van der Waals surface area contributed by atoms with Crippen LogP contribution in [-0.4, -0.2) is 45.9 Å². The first kappa shape index (κ1) is 16.0. The number of nitrogens with zero attached hydrogens (tertiary/aromatic N) is 7. The molecule has 1 aromatic carbocycles. The van der Waals surface area contributed by atoms with E-state index >= 15 is 0 Å². The number of piperazine rings is 1. The first-order chi connectivity index (χ1) is 12.7. The second kappa shape index (κ2) is 6.80. The maximum Gasteiger partial charge on any atom is 0.158 e. The molecule has 0 unspecified atom stereocenters. The van der Waals surface area contributed by atoms with Crippen LogP contribution in [0.5, 0.6) is 0 Å². The Morgan fingerprint density at radius 1 is 0.962 bits per heavy atom. The van der Waals surface area contributed by atoms with Gasteiger partial charge < -0.3 is 9.80 Å². The second-order valence-electron chi connectivity index (χ2n) is 5.97. The summed E-state index contributed by atoms with van der Waals surface area (Å²) in [4.78, 5) is 12.9. The van der Waals surface area contributed by atoms with E-state index < -0.39 is 0 Å². The van der Waals surface area contributed by atoms with Crippen LogP contribution in [0, 0.1) is 17.1 Å². The maximum absolute atomic E-state index is 13.7. The molecule has 130 valence electrons. The molecule has 0 radical (unpaired) electrons. The van der Waals surface area contributed by atoms with Crippen LogP contribution in [0.25, 0.3) is 5.82 Å². The summed E-state index contributed by atoms with van der Waals surface area (Å²) in [6, 6.07) is 10.2. The minimum absolute atomic E-state index is 0.335. The lowest BCUT2D eigenvalue weighted by Gasteiger charge is -2.36. The zero-order valence-corrected chi connectivity index (χ0v) is 14.0. The minimum atomic E-state index is -0.388. The molecule has 1 fully saturated rings. The highest BCUT2D eigenvalue weighted by Crippen LogP contribution is 2.22. The Labute approximate surface area is 149 Å². The summed E-state index contributed by atoms with van der Waals surface area (Å²) in [6.07, 6.45) is 5.07. The van der Waals surface area contributed by atoms with Gasteiger partial charge in [0.1, 0.15) is 18.0 Å². The smallest absolute Gasteiger partial charge is 0.158 e. The standard InChI is InChI=1S/C18H16FN7/c19-15-8-14(12-20)9-16(10-15)24-4-6-25(7-5-24)17-11-18(22-13-21-17)26-3-1-2-23-26/h1-3,8-11,13H,4-7H2. The van der Waals surface area contributed by atoms with Crippen molar-refractivity contribution in [2.24, 2.45) is 0 Å². The highest BCUT2D eigenvalue weighted by molar-refractivity contribution is 5.54. The van der Waals surface area contributed by atoms with Gasteiger partial charge in [-0.15, -0.1) is 0 Å². The lowest BCUT2D eigenvalue weighted by atomic mass is 10.1. The van der Waals surface area contributed by atoms with E-state index in [1.165, 1.54) is 18.5 Å². The Bertz CT molecular complexity index is 940. The summed E-state index contributed by atoms with van der Waals surface area (Å²) in [5, 5.41) is 13.2. The van der Waals surface area contributed by atoms with Crippen molar-refractivity contribution in [3.8, 4) is 11.9 Å². The van der Waals surface area contributed by atoms with Crippen LogP contribution in [0.4, 0.5) is 15.9 Å². The number of nitriles is 1. The molecule has 2 aromatic heterocycles. The molecule has 4 rings (SSSR count). The van der Waals surface area contributed by atoms with Crippen molar-refractivity contribution in [3.05, 3.63) is 60.4 Å². The monoisotopic (exact) mass is 349 g/mol. The van der Waals surface area contributed by atoms with Crippen molar-refractivity contribution in [2.45, 2.75) is 0 Å². The first-order valence-corrected chi connectivity index (χ1v) is 8.25. The van der Waals surface area contributed by atoms with E-state index in [1.807, 2.05) is 24.4 Å².